The molecule has 1 aliphatic rings. The van der Waals surface area contributed by atoms with Crippen LogP contribution in [0.1, 0.15) is 19.3 Å². The second-order valence-electron chi connectivity index (χ2n) is 4.97. The number of halogens is 1. The van der Waals surface area contributed by atoms with Crippen molar-refractivity contribution in [3.63, 3.8) is 0 Å². The minimum absolute atomic E-state index is 0.124. The summed E-state index contributed by atoms with van der Waals surface area (Å²) in [5.74, 6) is -0.577. The summed E-state index contributed by atoms with van der Waals surface area (Å²) in [4.78, 5) is 24.5. The maximum atomic E-state index is 12.1. The number of amides is 2. The topological polar surface area (TPSA) is 69.6 Å². The number of nitrogens with one attached hydrogen (secondary N) is 1. The molecule has 0 aromatic heterocycles. The molecular formula is C14H17BrN2O3. The van der Waals surface area contributed by atoms with Gasteiger partial charge < -0.3 is 15.3 Å². The van der Waals surface area contributed by atoms with Gasteiger partial charge in [0.25, 0.3) is 0 Å². The van der Waals surface area contributed by atoms with Gasteiger partial charge in [-0.3, -0.25) is 4.79 Å². The van der Waals surface area contributed by atoms with E-state index in [2.05, 4.69) is 21.2 Å². The third-order valence-electron chi connectivity index (χ3n) is 3.46. The van der Waals surface area contributed by atoms with Crippen LogP contribution in [0.25, 0.3) is 0 Å². The number of piperidine rings is 1. The van der Waals surface area contributed by atoms with Gasteiger partial charge in [-0.05, 0) is 43.0 Å². The van der Waals surface area contributed by atoms with E-state index in [4.69, 9.17) is 5.11 Å². The second kappa shape index (κ2) is 6.74. The Balaban J connectivity index is 1.82. The van der Waals surface area contributed by atoms with Crippen molar-refractivity contribution in [2.24, 2.45) is 5.92 Å². The number of carbonyl (C=O) groups excluding carboxylic acids is 1. The van der Waals surface area contributed by atoms with Gasteiger partial charge in [0.2, 0.25) is 0 Å². The predicted molar refractivity (Wildman–Crippen MR) is 79.7 cm³/mol. The van der Waals surface area contributed by atoms with Crippen LogP contribution < -0.4 is 5.32 Å². The third-order valence-corrected chi connectivity index (χ3v) is 3.99. The van der Waals surface area contributed by atoms with Crippen molar-refractivity contribution < 1.29 is 14.7 Å². The van der Waals surface area contributed by atoms with Crippen molar-refractivity contribution in [3.8, 4) is 0 Å². The third kappa shape index (κ3) is 4.23. The molecule has 0 aliphatic carbocycles. The zero-order valence-electron chi connectivity index (χ0n) is 11.0. The summed E-state index contributed by atoms with van der Waals surface area (Å²) < 4.78 is 0.963. The minimum Gasteiger partial charge on any atom is -0.481 e. The summed E-state index contributed by atoms with van der Waals surface area (Å²) in [6.07, 6.45) is 1.70. The highest BCUT2D eigenvalue weighted by Crippen LogP contribution is 2.21. The first kappa shape index (κ1) is 14.8. The molecule has 0 radical (unpaired) electrons. The lowest BCUT2D eigenvalue weighted by Gasteiger charge is -2.31. The first-order valence-electron chi connectivity index (χ1n) is 6.58. The molecule has 0 spiro atoms. The number of nitrogens with zero attached hydrogens (tertiary/aromatic N) is 1. The van der Waals surface area contributed by atoms with E-state index in [1.54, 1.807) is 4.90 Å². The number of carbonyl (C=O) groups is 2. The molecule has 5 nitrogen and oxygen atoms in total. The fraction of sp³-hybridized carbons (Fsp3) is 0.429. The lowest BCUT2D eigenvalue weighted by molar-refractivity contribution is -0.138. The van der Waals surface area contributed by atoms with Gasteiger partial charge in [-0.1, -0.05) is 15.9 Å². The van der Waals surface area contributed by atoms with E-state index in [9.17, 15) is 9.59 Å². The Kier molecular flexibility index (Phi) is 5.00. The molecule has 0 saturated carbocycles. The molecule has 1 fully saturated rings. The maximum absolute atomic E-state index is 12.1. The highest BCUT2D eigenvalue weighted by molar-refractivity contribution is 9.10. The quantitative estimate of drug-likeness (QED) is 0.887. The molecule has 1 heterocycles. The summed E-state index contributed by atoms with van der Waals surface area (Å²) >= 11 is 3.34. The number of hydrogen-bond donors (Lipinski definition) is 2. The number of hydrogen-bond acceptors (Lipinski definition) is 2. The Morgan fingerprint density at radius 1 is 1.25 bits per heavy atom. The van der Waals surface area contributed by atoms with Crippen LogP contribution in [0.15, 0.2) is 28.7 Å². The predicted octanol–water partition coefficient (Wildman–Crippen LogP) is 3.17. The van der Waals surface area contributed by atoms with E-state index < -0.39 is 5.97 Å². The van der Waals surface area contributed by atoms with E-state index in [-0.39, 0.29) is 18.4 Å². The molecule has 2 N–H and O–H groups in total. The van der Waals surface area contributed by atoms with Crippen molar-refractivity contribution in [1.82, 2.24) is 4.90 Å². The van der Waals surface area contributed by atoms with Gasteiger partial charge in [-0.2, -0.15) is 0 Å². The molecule has 2 rings (SSSR count). The number of likely N-dealkylation sites (tertiary alicyclic amines) is 1. The van der Waals surface area contributed by atoms with E-state index in [0.29, 0.717) is 13.1 Å². The largest absolute Gasteiger partial charge is 0.481 e. The van der Waals surface area contributed by atoms with Gasteiger partial charge >= 0.3 is 12.0 Å². The van der Waals surface area contributed by atoms with Crippen LogP contribution in [-0.2, 0) is 4.79 Å². The van der Waals surface area contributed by atoms with Crippen LogP contribution >= 0.6 is 15.9 Å². The van der Waals surface area contributed by atoms with Crippen molar-refractivity contribution in [3.05, 3.63) is 28.7 Å². The fourth-order valence-corrected chi connectivity index (χ4v) is 2.59. The zero-order chi connectivity index (χ0) is 14.5. The summed E-state index contributed by atoms with van der Waals surface area (Å²) in [6.45, 7) is 1.22. The minimum atomic E-state index is -0.761. The molecule has 2 amide bonds. The van der Waals surface area contributed by atoms with Gasteiger partial charge in [0.1, 0.15) is 0 Å². The van der Waals surface area contributed by atoms with Gasteiger partial charge in [-0.15, -0.1) is 0 Å². The van der Waals surface area contributed by atoms with Crippen LogP contribution in [0.3, 0.4) is 0 Å². The van der Waals surface area contributed by atoms with Gasteiger partial charge in [-0.25, -0.2) is 4.79 Å². The molecule has 1 aromatic carbocycles. The molecule has 1 aromatic rings. The Morgan fingerprint density at radius 2 is 1.85 bits per heavy atom. The lowest BCUT2D eigenvalue weighted by atomic mass is 9.94. The van der Waals surface area contributed by atoms with E-state index in [0.717, 1.165) is 23.0 Å². The lowest BCUT2D eigenvalue weighted by Crippen LogP contribution is -2.41. The first-order chi connectivity index (χ1) is 9.54. The Bertz CT molecular complexity index is 482. The number of anilines is 1. The molecule has 6 heteroatoms. The van der Waals surface area contributed by atoms with Gasteiger partial charge in [0, 0.05) is 29.7 Å². The van der Waals surface area contributed by atoms with Crippen molar-refractivity contribution >= 4 is 33.6 Å². The average Bonchev–Trinajstić information content (AvgIpc) is 2.41. The van der Waals surface area contributed by atoms with Crippen LogP contribution in [0.2, 0.25) is 0 Å². The Labute approximate surface area is 126 Å². The van der Waals surface area contributed by atoms with Crippen LogP contribution in [0.4, 0.5) is 10.5 Å². The smallest absolute Gasteiger partial charge is 0.321 e. The second-order valence-corrected chi connectivity index (χ2v) is 5.88. The van der Waals surface area contributed by atoms with E-state index in [1.165, 1.54) is 0 Å². The summed E-state index contributed by atoms with van der Waals surface area (Å²) in [5.41, 5.74) is 0.755. The number of aliphatic carboxylic acids is 1. The highest BCUT2D eigenvalue weighted by Gasteiger charge is 2.24. The van der Waals surface area contributed by atoms with Crippen LogP contribution in [-0.4, -0.2) is 35.1 Å². The summed E-state index contributed by atoms with van der Waals surface area (Å²) in [6, 6.07) is 7.28. The normalized spacial score (nSPS) is 15.9. The SMILES string of the molecule is O=C(O)CC1CCN(C(=O)Nc2ccc(Br)cc2)CC1. The summed E-state index contributed by atoms with van der Waals surface area (Å²) in [7, 11) is 0. The molecule has 0 unspecified atom stereocenters. The number of urea groups is 1. The molecular weight excluding hydrogens is 324 g/mol. The first-order valence-corrected chi connectivity index (χ1v) is 7.37. The number of benzene rings is 1. The Hall–Kier alpha value is -1.56. The maximum Gasteiger partial charge on any atom is 0.321 e. The molecule has 1 saturated heterocycles. The fourth-order valence-electron chi connectivity index (χ4n) is 2.32. The summed E-state index contributed by atoms with van der Waals surface area (Å²) in [5, 5.41) is 11.6. The number of carboxylic acid groups (broad SMARTS) is 1. The van der Waals surface area contributed by atoms with Crippen molar-refractivity contribution in [1.29, 1.82) is 0 Å². The van der Waals surface area contributed by atoms with E-state index in [1.807, 2.05) is 24.3 Å². The highest BCUT2D eigenvalue weighted by atomic mass is 79.9. The molecule has 0 atom stereocenters. The van der Waals surface area contributed by atoms with Crippen LogP contribution in [0, 0.1) is 5.92 Å². The molecule has 108 valence electrons. The zero-order valence-corrected chi connectivity index (χ0v) is 12.6. The van der Waals surface area contributed by atoms with E-state index >= 15 is 0 Å². The number of rotatable bonds is 3. The van der Waals surface area contributed by atoms with Gasteiger partial charge in [0.05, 0.1) is 0 Å². The molecule has 0 bridgehead atoms. The van der Waals surface area contributed by atoms with Crippen molar-refractivity contribution in [2.45, 2.75) is 19.3 Å². The Morgan fingerprint density at radius 3 is 2.40 bits per heavy atom. The van der Waals surface area contributed by atoms with Gasteiger partial charge in [0.15, 0.2) is 0 Å². The molecule has 1 aliphatic heterocycles. The van der Waals surface area contributed by atoms with Crippen molar-refractivity contribution in [2.75, 3.05) is 18.4 Å². The molecule has 20 heavy (non-hydrogen) atoms. The standard InChI is InChI=1S/C14H17BrN2O3/c15-11-1-3-12(4-2-11)16-14(20)17-7-5-10(6-8-17)9-13(18)19/h1-4,10H,5-9H2,(H,16,20)(H,18,19). The van der Waals surface area contributed by atoms with Crippen LogP contribution in [0.5, 0.6) is 0 Å². The number of carboxylic acids is 1. The monoisotopic (exact) mass is 340 g/mol. The average molecular weight is 341 g/mol.